The van der Waals surface area contributed by atoms with E-state index in [2.05, 4.69) is 0 Å². The minimum atomic E-state index is -0.432. The highest BCUT2D eigenvalue weighted by Crippen LogP contribution is 2.28. The molecule has 0 aliphatic heterocycles. The summed E-state index contributed by atoms with van der Waals surface area (Å²) in [7, 11) is 1.47. The molecular formula is C14H19NO4. The number of carbonyl (C=O) groups excluding carboxylic acids is 2. The molecule has 0 aliphatic rings. The fraction of sp³-hybridized carbons (Fsp3) is 0.429. The van der Waals surface area contributed by atoms with Gasteiger partial charge in [0, 0.05) is 18.7 Å². The highest BCUT2D eigenvalue weighted by Gasteiger charge is 2.15. The molecule has 5 nitrogen and oxygen atoms in total. The first-order valence-corrected chi connectivity index (χ1v) is 6.19. The van der Waals surface area contributed by atoms with Crippen molar-refractivity contribution < 1.29 is 19.1 Å². The molecule has 1 amide bonds. The Morgan fingerprint density at radius 3 is 2.26 bits per heavy atom. The SMILES string of the molecule is CCN(CC)C(=O)Oc1ccc(C(C)=O)cc1OC. The summed E-state index contributed by atoms with van der Waals surface area (Å²) in [4.78, 5) is 24.7. The maximum absolute atomic E-state index is 11.8. The van der Waals surface area contributed by atoms with Gasteiger partial charge in [-0.3, -0.25) is 4.79 Å². The lowest BCUT2D eigenvalue weighted by molar-refractivity contribution is 0.101. The van der Waals surface area contributed by atoms with E-state index in [0.717, 1.165) is 0 Å². The zero-order valence-corrected chi connectivity index (χ0v) is 11.7. The van der Waals surface area contributed by atoms with Crippen molar-refractivity contribution in [1.82, 2.24) is 4.90 Å². The Hall–Kier alpha value is -2.04. The van der Waals surface area contributed by atoms with Gasteiger partial charge in [0.25, 0.3) is 0 Å². The lowest BCUT2D eigenvalue weighted by Crippen LogP contribution is -2.33. The maximum atomic E-state index is 11.8. The third-order valence-corrected chi connectivity index (χ3v) is 2.79. The first-order valence-electron chi connectivity index (χ1n) is 6.19. The topological polar surface area (TPSA) is 55.8 Å². The highest BCUT2D eigenvalue weighted by atomic mass is 16.6. The van der Waals surface area contributed by atoms with Gasteiger partial charge in [-0.05, 0) is 39.0 Å². The van der Waals surface area contributed by atoms with Gasteiger partial charge in [0.2, 0.25) is 0 Å². The van der Waals surface area contributed by atoms with Crippen LogP contribution in [0.25, 0.3) is 0 Å². The number of benzene rings is 1. The van der Waals surface area contributed by atoms with E-state index in [1.54, 1.807) is 23.1 Å². The number of ketones is 1. The quantitative estimate of drug-likeness (QED) is 0.768. The van der Waals surface area contributed by atoms with Gasteiger partial charge in [-0.15, -0.1) is 0 Å². The molecule has 0 heterocycles. The predicted molar refractivity (Wildman–Crippen MR) is 71.9 cm³/mol. The van der Waals surface area contributed by atoms with Gasteiger partial charge in [0.15, 0.2) is 17.3 Å². The van der Waals surface area contributed by atoms with Crippen LogP contribution in [0.1, 0.15) is 31.1 Å². The van der Waals surface area contributed by atoms with Crippen molar-refractivity contribution in [3.63, 3.8) is 0 Å². The van der Waals surface area contributed by atoms with Gasteiger partial charge in [0.05, 0.1) is 7.11 Å². The van der Waals surface area contributed by atoms with E-state index in [-0.39, 0.29) is 5.78 Å². The van der Waals surface area contributed by atoms with Crippen LogP contribution in [0.5, 0.6) is 11.5 Å². The molecule has 1 aromatic rings. The van der Waals surface area contributed by atoms with Gasteiger partial charge in [-0.2, -0.15) is 0 Å². The first kappa shape index (κ1) is 15.0. The Morgan fingerprint density at radius 1 is 1.16 bits per heavy atom. The first-order chi connectivity index (χ1) is 9.03. The Bertz CT molecular complexity index is 467. The van der Waals surface area contributed by atoms with E-state index < -0.39 is 6.09 Å². The van der Waals surface area contributed by atoms with Gasteiger partial charge in [-0.25, -0.2) is 4.79 Å². The van der Waals surface area contributed by atoms with E-state index >= 15 is 0 Å². The molecule has 5 heteroatoms. The smallest absolute Gasteiger partial charge is 0.415 e. The van der Waals surface area contributed by atoms with E-state index in [9.17, 15) is 9.59 Å². The van der Waals surface area contributed by atoms with Crippen molar-refractivity contribution >= 4 is 11.9 Å². The van der Waals surface area contributed by atoms with Crippen LogP contribution in [0.15, 0.2) is 18.2 Å². The lowest BCUT2D eigenvalue weighted by Gasteiger charge is -2.18. The van der Waals surface area contributed by atoms with E-state index in [4.69, 9.17) is 9.47 Å². The molecule has 0 radical (unpaired) electrons. The van der Waals surface area contributed by atoms with E-state index in [0.29, 0.717) is 30.2 Å². The van der Waals surface area contributed by atoms with Crippen LogP contribution in [-0.4, -0.2) is 37.0 Å². The Labute approximate surface area is 113 Å². The number of rotatable bonds is 5. The molecule has 0 aromatic heterocycles. The monoisotopic (exact) mass is 265 g/mol. The molecule has 1 aromatic carbocycles. The Balaban J connectivity index is 2.95. The third kappa shape index (κ3) is 3.71. The fourth-order valence-corrected chi connectivity index (χ4v) is 1.61. The Morgan fingerprint density at radius 2 is 1.79 bits per heavy atom. The molecule has 0 bridgehead atoms. The summed E-state index contributed by atoms with van der Waals surface area (Å²) in [5.74, 6) is 0.609. The molecule has 0 unspecified atom stereocenters. The number of methoxy groups -OCH3 is 1. The zero-order chi connectivity index (χ0) is 14.4. The number of ether oxygens (including phenoxy) is 2. The summed E-state index contributed by atoms with van der Waals surface area (Å²) < 4.78 is 10.4. The second-order valence-corrected chi connectivity index (χ2v) is 3.96. The Kier molecular flexibility index (Phi) is 5.36. The number of hydrogen-bond donors (Lipinski definition) is 0. The largest absolute Gasteiger partial charge is 0.493 e. The molecule has 0 atom stereocenters. The molecule has 104 valence electrons. The van der Waals surface area contributed by atoms with Gasteiger partial charge in [-0.1, -0.05) is 0 Å². The summed E-state index contributed by atoms with van der Waals surface area (Å²) in [6.45, 7) is 6.37. The van der Waals surface area contributed by atoms with Crippen LogP contribution in [0, 0.1) is 0 Å². The number of carbonyl (C=O) groups is 2. The summed E-state index contributed by atoms with van der Waals surface area (Å²) in [5.41, 5.74) is 0.513. The van der Waals surface area contributed by atoms with Crippen LogP contribution >= 0.6 is 0 Å². The number of Topliss-reactive ketones (excluding diaryl/α,β-unsaturated/α-hetero) is 1. The van der Waals surface area contributed by atoms with Crippen molar-refractivity contribution in [3.8, 4) is 11.5 Å². The van der Waals surface area contributed by atoms with Crippen molar-refractivity contribution in [3.05, 3.63) is 23.8 Å². The molecule has 0 spiro atoms. The predicted octanol–water partition coefficient (Wildman–Crippen LogP) is 2.74. The van der Waals surface area contributed by atoms with Crippen molar-refractivity contribution in [1.29, 1.82) is 0 Å². The summed E-state index contributed by atoms with van der Waals surface area (Å²) >= 11 is 0. The lowest BCUT2D eigenvalue weighted by atomic mass is 10.1. The van der Waals surface area contributed by atoms with Crippen molar-refractivity contribution in [2.75, 3.05) is 20.2 Å². The number of amides is 1. The number of nitrogens with zero attached hydrogens (tertiary/aromatic N) is 1. The van der Waals surface area contributed by atoms with Gasteiger partial charge < -0.3 is 14.4 Å². The van der Waals surface area contributed by atoms with Crippen LogP contribution < -0.4 is 9.47 Å². The van der Waals surface area contributed by atoms with Gasteiger partial charge >= 0.3 is 6.09 Å². The van der Waals surface area contributed by atoms with Gasteiger partial charge in [0.1, 0.15) is 0 Å². The maximum Gasteiger partial charge on any atom is 0.415 e. The van der Waals surface area contributed by atoms with E-state index in [1.165, 1.54) is 14.0 Å². The molecule has 0 aliphatic carbocycles. The summed E-state index contributed by atoms with van der Waals surface area (Å²) in [6.07, 6.45) is -0.432. The second-order valence-electron chi connectivity index (χ2n) is 3.96. The zero-order valence-electron chi connectivity index (χ0n) is 11.7. The van der Waals surface area contributed by atoms with Crippen molar-refractivity contribution in [2.24, 2.45) is 0 Å². The van der Waals surface area contributed by atoms with Crippen LogP contribution in [-0.2, 0) is 0 Å². The van der Waals surface area contributed by atoms with E-state index in [1.807, 2.05) is 13.8 Å². The molecule has 19 heavy (non-hydrogen) atoms. The normalized spacial score (nSPS) is 9.89. The average molecular weight is 265 g/mol. The second kappa shape index (κ2) is 6.78. The molecule has 1 rings (SSSR count). The third-order valence-electron chi connectivity index (χ3n) is 2.79. The molecular weight excluding hydrogens is 246 g/mol. The highest BCUT2D eigenvalue weighted by molar-refractivity contribution is 5.94. The molecule has 0 saturated carbocycles. The van der Waals surface area contributed by atoms with Crippen molar-refractivity contribution in [2.45, 2.75) is 20.8 Å². The molecule has 0 N–H and O–H groups in total. The number of hydrogen-bond acceptors (Lipinski definition) is 4. The summed E-state index contributed by atoms with van der Waals surface area (Å²) in [5, 5.41) is 0. The van der Waals surface area contributed by atoms with Crippen LogP contribution in [0.2, 0.25) is 0 Å². The minimum absolute atomic E-state index is 0.0695. The fourth-order valence-electron chi connectivity index (χ4n) is 1.61. The average Bonchev–Trinajstić information content (AvgIpc) is 2.40. The standard InChI is InChI=1S/C14H19NO4/c1-5-15(6-2)14(17)19-12-8-7-11(10(3)16)9-13(12)18-4/h7-9H,5-6H2,1-4H3. The minimum Gasteiger partial charge on any atom is -0.493 e. The van der Waals surface area contributed by atoms with Crippen LogP contribution in [0.3, 0.4) is 0 Å². The molecule has 0 saturated heterocycles. The molecule has 0 fully saturated rings. The summed E-state index contributed by atoms with van der Waals surface area (Å²) in [6, 6.07) is 4.74. The van der Waals surface area contributed by atoms with Crippen LogP contribution in [0.4, 0.5) is 4.79 Å².